The van der Waals surface area contributed by atoms with E-state index in [1.54, 1.807) is 19.4 Å². The van der Waals surface area contributed by atoms with Crippen LogP contribution in [0.5, 0.6) is 0 Å². The van der Waals surface area contributed by atoms with Crippen LogP contribution in [0.25, 0.3) is 0 Å². The van der Waals surface area contributed by atoms with Crippen molar-refractivity contribution in [2.75, 3.05) is 33.4 Å². The lowest BCUT2D eigenvalue weighted by molar-refractivity contribution is 0.0587. The number of pyridine rings is 2. The number of carbonyl (C=O) groups is 1. The summed E-state index contributed by atoms with van der Waals surface area (Å²) in [5.74, 6) is -0.728. The third-order valence-corrected chi connectivity index (χ3v) is 6.28. The molecule has 1 spiro atoms. The van der Waals surface area contributed by atoms with Gasteiger partial charge in [0.1, 0.15) is 0 Å². The highest BCUT2D eigenvalue weighted by molar-refractivity contribution is 5.94. The summed E-state index contributed by atoms with van der Waals surface area (Å²) < 4.78 is 18.9. The molecule has 4 rings (SSSR count). The van der Waals surface area contributed by atoms with Crippen molar-refractivity contribution in [3.05, 3.63) is 59.9 Å². The number of amides is 1. The zero-order chi connectivity index (χ0) is 20.3. The molecule has 154 valence electrons. The van der Waals surface area contributed by atoms with Crippen molar-refractivity contribution in [2.45, 2.75) is 31.8 Å². The van der Waals surface area contributed by atoms with Gasteiger partial charge in [-0.15, -0.1) is 0 Å². The van der Waals surface area contributed by atoms with Gasteiger partial charge < -0.3 is 9.64 Å². The minimum Gasteiger partial charge on any atom is -0.383 e. The van der Waals surface area contributed by atoms with Crippen LogP contribution in [0.3, 0.4) is 0 Å². The minimum atomic E-state index is -0.617. The molecule has 2 aliphatic heterocycles. The molecule has 2 fully saturated rings. The van der Waals surface area contributed by atoms with Gasteiger partial charge >= 0.3 is 0 Å². The number of methoxy groups -OCH3 is 1. The van der Waals surface area contributed by atoms with Gasteiger partial charge in [0.25, 0.3) is 5.91 Å². The Kier molecular flexibility index (Phi) is 5.87. The highest BCUT2D eigenvalue weighted by Gasteiger charge is 2.45. The smallest absolute Gasteiger partial charge is 0.254 e. The minimum absolute atomic E-state index is 0.111. The molecule has 6 nitrogen and oxygen atoms in total. The van der Waals surface area contributed by atoms with Crippen molar-refractivity contribution < 1.29 is 13.9 Å². The summed E-state index contributed by atoms with van der Waals surface area (Å²) in [6.07, 6.45) is 8.04. The maximum atomic E-state index is 13.4. The van der Waals surface area contributed by atoms with E-state index in [9.17, 15) is 9.18 Å². The van der Waals surface area contributed by atoms with Crippen LogP contribution in [0, 0.1) is 11.4 Å². The molecular weight excluding hydrogens is 371 g/mol. The standard InChI is InChI=1S/C22H27FN4O2/c1-29-15-19-12-22(16-27(19)14-17-3-2-7-24-13-17)5-9-26(10-6-22)21(28)18-4-8-25-20(23)11-18/h2-4,7-8,11,13,19H,5-6,9-10,12,14-16H2,1H3/t19-/m1/s1. The van der Waals surface area contributed by atoms with Gasteiger partial charge in [-0.3, -0.25) is 14.7 Å². The zero-order valence-corrected chi connectivity index (χ0v) is 16.8. The summed E-state index contributed by atoms with van der Waals surface area (Å²) in [7, 11) is 1.75. The number of piperidine rings is 1. The first-order valence-electron chi connectivity index (χ1n) is 10.1. The van der Waals surface area contributed by atoms with Crippen LogP contribution in [0.2, 0.25) is 0 Å². The van der Waals surface area contributed by atoms with Crippen LogP contribution in [-0.4, -0.2) is 65.1 Å². The Bertz CT molecular complexity index is 840. The predicted octanol–water partition coefficient (Wildman–Crippen LogP) is 2.76. The molecule has 0 aliphatic carbocycles. The molecule has 4 heterocycles. The number of hydrogen-bond acceptors (Lipinski definition) is 5. The number of ether oxygens (including phenoxy) is 1. The molecule has 0 bridgehead atoms. The Morgan fingerprint density at radius 1 is 1.31 bits per heavy atom. The van der Waals surface area contributed by atoms with E-state index in [0.717, 1.165) is 32.4 Å². The number of carbonyl (C=O) groups excluding carboxylic acids is 1. The summed E-state index contributed by atoms with van der Waals surface area (Å²) in [5.41, 5.74) is 1.78. The van der Waals surface area contributed by atoms with Crippen LogP contribution in [-0.2, 0) is 11.3 Å². The lowest BCUT2D eigenvalue weighted by atomic mass is 9.76. The highest BCUT2D eigenvalue weighted by Crippen LogP contribution is 2.44. The molecule has 2 saturated heterocycles. The van der Waals surface area contributed by atoms with E-state index in [0.29, 0.717) is 31.3 Å². The van der Waals surface area contributed by atoms with E-state index in [2.05, 4.69) is 20.9 Å². The maximum absolute atomic E-state index is 13.4. The Morgan fingerprint density at radius 3 is 2.83 bits per heavy atom. The monoisotopic (exact) mass is 398 g/mol. The van der Waals surface area contributed by atoms with Crippen molar-refractivity contribution in [3.8, 4) is 0 Å². The lowest BCUT2D eigenvalue weighted by Gasteiger charge is -2.39. The number of nitrogens with zero attached hydrogens (tertiary/aromatic N) is 4. The lowest BCUT2D eigenvalue weighted by Crippen LogP contribution is -2.44. The maximum Gasteiger partial charge on any atom is 0.254 e. The molecule has 29 heavy (non-hydrogen) atoms. The number of rotatable bonds is 5. The Morgan fingerprint density at radius 2 is 2.14 bits per heavy atom. The van der Waals surface area contributed by atoms with Gasteiger partial charge in [-0.25, -0.2) is 4.98 Å². The number of aromatic nitrogens is 2. The van der Waals surface area contributed by atoms with Gasteiger partial charge in [0.15, 0.2) is 0 Å². The molecule has 2 aromatic heterocycles. The van der Waals surface area contributed by atoms with E-state index < -0.39 is 5.95 Å². The molecule has 2 aliphatic rings. The van der Waals surface area contributed by atoms with Crippen LogP contribution in [0.4, 0.5) is 4.39 Å². The van der Waals surface area contributed by atoms with Crippen molar-refractivity contribution >= 4 is 5.91 Å². The molecule has 0 N–H and O–H groups in total. The largest absolute Gasteiger partial charge is 0.383 e. The predicted molar refractivity (Wildman–Crippen MR) is 107 cm³/mol. The molecule has 1 amide bonds. The molecule has 1 atom stereocenters. The van der Waals surface area contributed by atoms with Gasteiger partial charge in [-0.05, 0) is 42.4 Å². The second kappa shape index (κ2) is 8.55. The second-order valence-corrected chi connectivity index (χ2v) is 8.24. The quantitative estimate of drug-likeness (QED) is 0.725. The first-order chi connectivity index (χ1) is 14.1. The van der Waals surface area contributed by atoms with Crippen LogP contribution >= 0.6 is 0 Å². The fourth-order valence-electron chi connectivity index (χ4n) is 4.79. The van der Waals surface area contributed by atoms with Crippen LogP contribution in [0.1, 0.15) is 35.2 Å². The average molecular weight is 398 g/mol. The van der Waals surface area contributed by atoms with Crippen LogP contribution in [0.15, 0.2) is 42.9 Å². The molecule has 7 heteroatoms. The SMILES string of the molecule is COC[C@H]1CC2(CCN(C(=O)c3ccnc(F)c3)CC2)CN1Cc1cccnc1. The Hall–Kier alpha value is -2.38. The Labute approximate surface area is 170 Å². The summed E-state index contributed by atoms with van der Waals surface area (Å²) in [4.78, 5) is 24.8. The van der Waals surface area contributed by atoms with E-state index in [4.69, 9.17) is 4.74 Å². The van der Waals surface area contributed by atoms with Gasteiger partial charge in [0, 0.05) is 69.6 Å². The van der Waals surface area contributed by atoms with Gasteiger partial charge in [0.05, 0.1) is 6.61 Å². The summed E-state index contributed by atoms with van der Waals surface area (Å²) >= 11 is 0. The Balaban J connectivity index is 1.41. The number of halogens is 1. The summed E-state index contributed by atoms with van der Waals surface area (Å²) in [5, 5.41) is 0. The molecule has 2 aromatic rings. The highest BCUT2D eigenvalue weighted by atomic mass is 19.1. The fraction of sp³-hybridized carbons (Fsp3) is 0.500. The van der Waals surface area contributed by atoms with Crippen molar-refractivity contribution in [1.29, 1.82) is 0 Å². The first-order valence-corrected chi connectivity index (χ1v) is 10.1. The van der Waals surface area contributed by atoms with Gasteiger partial charge in [0.2, 0.25) is 5.95 Å². The molecule has 0 aromatic carbocycles. The number of hydrogen-bond donors (Lipinski definition) is 0. The van der Waals surface area contributed by atoms with E-state index in [-0.39, 0.29) is 11.3 Å². The molecule has 0 unspecified atom stereocenters. The van der Waals surface area contributed by atoms with Crippen molar-refractivity contribution in [1.82, 2.24) is 19.8 Å². The average Bonchev–Trinajstić information content (AvgIpc) is 3.05. The van der Waals surface area contributed by atoms with Crippen molar-refractivity contribution in [3.63, 3.8) is 0 Å². The van der Waals surface area contributed by atoms with Gasteiger partial charge in [-0.2, -0.15) is 4.39 Å². The van der Waals surface area contributed by atoms with Gasteiger partial charge in [-0.1, -0.05) is 6.07 Å². The molecule has 0 saturated carbocycles. The first kappa shape index (κ1) is 19.9. The number of likely N-dealkylation sites (tertiary alicyclic amines) is 2. The van der Waals surface area contributed by atoms with Crippen molar-refractivity contribution in [2.24, 2.45) is 5.41 Å². The van der Waals surface area contributed by atoms with E-state index in [1.165, 1.54) is 17.8 Å². The third kappa shape index (κ3) is 4.46. The zero-order valence-electron chi connectivity index (χ0n) is 16.8. The van der Waals surface area contributed by atoms with Crippen LogP contribution < -0.4 is 0 Å². The summed E-state index contributed by atoms with van der Waals surface area (Å²) in [6, 6.07) is 7.24. The molecular formula is C22H27FN4O2. The topological polar surface area (TPSA) is 58.6 Å². The van der Waals surface area contributed by atoms with E-state index in [1.807, 2.05) is 17.2 Å². The molecule has 0 radical (unpaired) electrons. The normalized spacial score (nSPS) is 21.6. The fourth-order valence-corrected chi connectivity index (χ4v) is 4.79. The second-order valence-electron chi connectivity index (χ2n) is 8.24. The third-order valence-electron chi connectivity index (χ3n) is 6.28. The van der Waals surface area contributed by atoms with E-state index >= 15 is 0 Å². The summed E-state index contributed by atoms with van der Waals surface area (Å²) in [6.45, 7) is 3.97.